The minimum Gasteiger partial charge on any atom is -0.370 e. The summed E-state index contributed by atoms with van der Waals surface area (Å²) in [6.07, 6.45) is 0.235. The van der Waals surface area contributed by atoms with E-state index in [1.54, 1.807) is 23.0 Å². The molecule has 2 aliphatic heterocycles. The van der Waals surface area contributed by atoms with Gasteiger partial charge in [0.15, 0.2) is 5.11 Å². The average molecular weight is 610 g/mol. The van der Waals surface area contributed by atoms with Gasteiger partial charge in [-0.2, -0.15) is 13.2 Å². The standard InChI is InChI=1S/C32H31ClF3N5S/c1-20-15-21(2)19-39(18-20)27-12-11-24(17-25(27)33)41-30(29(38-31(41)42)26-9-3-4-13-37-26)28-10-6-14-40(28)23-8-5-7-22(16-23)32(34,35)36/h3-14,16-17,20-21,29-30H,15,18-19H2,1-2H3,(H,38,42)/t20-,21+,29-,30-/m0/s1. The number of thiocarbonyl (C=S) groups is 1. The zero-order valence-electron chi connectivity index (χ0n) is 23.2. The molecular weight excluding hydrogens is 579 g/mol. The third-order valence-corrected chi connectivity index (χ3v) is 8.67. The molecule has 10 heteroatoms. The minimum atomic E-state index is -4.45. The van der Waals surface area contributed by atoms with Crippen molar-refractivity contribution in [2.75, 3.05) is 22.9 Å². The van der Waals surface area contributed by atoms with Crippen LogP contribution in [0.4, 0.5) is 24.5 Å². The summed E-state index contributed by atoms with van der Waals surface area (Å²) in [4.78, 5) is 8.94. The average Bonchev–Trinajstić information content (AvgIpc) is 3.57. The second kappa shape index (κ2) is 11.3. The number of hydrogen-bond donors (Lipinski definition) is 1. The normalized spacial score (nSPS) is 22.9. The van der Waals surface area contributed by atoms with Gasteiger partial charge in [0.25, 0.3) is 0 Å². The van der Waals surface area contributed by atoms with Crippen LogP contribution in [0.25, 0.3) is 5.69 Å². The van der Waals surface area contributed by atoms with Gasteiger partial charge in [-0.1, -0.05) is 37.6 Å². The smallest absolute Gasteiger partial charge is 0.370 e. The Kier molecular flexibility index (Phi) is 7.66. The Labute approximate surface area is 253 Å². The van der Waals surface area contributed by atoms with Gasteiger partial charge in [0.1, 0.15) is 6.04 Å². The van der Waals surface area contributed by atoms with Crippen molar-refractivity contribution in [2.45, 2.75) is 38.5 Å². The Morgan fingerprint density at radius 3 is 2.40 bits per heavy atom. The van der Waals surface area contributed by atoms with Crippen molar-refractivity contribution in [1.82, 2.24) is 14.9 Å². The molecule has 1 N–H and O–H groups in total. The second-order valence-electron chi connectivity index (χ2n) is 11.3. The number of hydrogen-bond acceptors (Lipinski definition) is 3. The Morgan fingerprint density at radius 1 is 0.929 bits per heavy atom. The summed E-state index contributed by atoms with van der Waals surface area (Å²) >= 11 is 12.8. The van der Waals surface area contributed by atoms with Crippen molar-refractivity contribution in [2.24, 2.45) is 11.8 Å². The van der Waals surface area contributed by atoms with Gasteiger partial charge in [0, 0.05) is 42.6 Å². The zero-order chi connectivity index (χ0) is 29.6. The van der Waals surface area contributed by atoms with Crippen LogP contribution < -0.4 is 15.1 Å². The van der Waals surface area contributed by atoms with Gasteiger partial charge in [-0.05, 0) is 91.1 Å². The molecule has 0 saturated carbocycles. The molecule has 4 aromatic rings. The number of halogens is 4. The lowest BCUT2D eigenvalue weighted by molar-refractivity contribution is -0.137. The summed E-state index contributed by atoms with van der Waals surface area (Å²) in [6.45, 7) is 6.42. The van der Waals surface area contributed by atoms with E-state index in [0.29, 0.717) is 27.7 Å². The number of aromatic nitrogens is 2. The van der Waals surface area contributed by atoms with Crippen molar-refractivity contribution >= 4 is 40.3 Å². The molecule has 218 valence electrons. The zero-order valence-corrected chi connectivity index (χ0v) is 24.8. The number of benzene rings is 2. The fourth-order valence-corrected chi connectivity index (χ4v) is 7.04. The largest absolute Gasteiger partial charge is 0.416 e. The van der Waals surface area contributed by atoms with E-state index >= 15 is 0 Å². The van der Waals surface area contributed by atoms with Gasteiger partial charge in [-0.15, -0.1) is 0 Å². The SMILES string of the molecule is C[C@@H]1C[C@H](C)CN(c2ccc(N3C(=S)N[C@@H](c4ccccn4)[C@@H]3c3cccn3-c3cccc(C(F)(F)F)c3)cc2Cl)C1. The van der Waals surface area contributed by atoms with E-state index in [1.165, 1.54) is 12.5 Å². The van der Waals surface area contributed by atoms with Gasteiger partial charge in [0.2, 0.25) is 0 Å². The molecule has 2 aliphatic rings. The van der Waals surface area contributed by atoms with Crippen LogP contribution in [0.3, 0.4) is 0 Å². The highest BCUT2D eigenvalue weighted by Gasteiger charge is 2.42. The molecule has 5 nitrogen and oxygen atoms in total. The first kappa shape index (κ1) is 28.6. The molecular formula is C32H31ClF3N5S. The van der Waals surface area contributed by atoms with E-state index < -0.39 is 17.8 Å². The number of nitrogens with one attached hydrogen (secondary N) is 1. The monoisotopic (exact) mass is 609 g/mol. The molecule has 2 fully saturated rings. The maximum atomic E-state index is 13.6. The van der Waals surface area contributed by atoms with Gasteiger partial charge < -0.3 is 19.7 Å². The van der Waals surface area contributed by atoms with Crippen LogP contribution in [0.5, 0.6) is 0 Å². The number of anilines is 2. The Morgan fingerprint density at radius 2 is 1.71 bits per heavy atom. The highest BCUT2D eigenvalue weighted by Crippen LogP contribution is 2.44. The maximum absolute atomic E-state index is 13.6. The fourth-order valence-electron chi connectivity index (χ4n) is 6.40. The number of pyridine rings is 1. The van der Waals surface area contributed by atoms with Crippen LogP contribution in [0, 0.1) is 11.8 Å². The summed E-state index contributed by atoms with van der Waals surface area (Å²) in [7, 11) is 0. The lowest BCUT2D eigenvalue weighted by atomic mass is 9.91. The van der Waals surface area contributed by atoms with E-state index in [2.05, 4.69) is 29.0 Å². The first-order valence-corrected chi connectivity index (χ1v) is 14.8. The maximum Gasteiger partial charge on any atom is 0.416 e. The third-order valence-electron chi connectivity index (χ3n) is 8.05. The molecule has 0 amide bonds. The highest BCUT2D eigenvalue weighted by atomic mass is 35.5. The molecule has 42 heavy (non-hydrogen) atoms. The van der Waals surface area contributed by atoms with Gasteiger partial charge in [-0.25, -0.2) is 0 Å². The molecule has 0 bridgehead atoms. The van der Waals surface area contributed by atoms with E-state index in [4.69, 9.17) is 23.8 Å². The third kappa shape index (κ3) is 5.47. The van der Waals surface area contributed by atoms with Crippen molar-refractivity contribution in [3.8, 4) is 5.69 Å². The molecule has 6 rings (SSSR count). The van der Waals surface area contributed by atoms with Crippen LogP contribution in [-0.2, 0) is 6.18 Å². The summed E-state index contributed by atoms with van der Waals surface area (Å²) in [6, 6.07) is 20.0. The second-order valence-corrected chi connectivity index (χ2v) is 12.1. The van der Waals surface area contributed by atoms with Crippen molar-refractivity contribution in [3.63, 3.8) is 0 Å². The first-order chi connectivity index (χ1) is 20.1. The van der Waals surface area contributed by atoms with E-state index in [0.717, 1.165) is 48.0 Å². The summed E-state index contributed by atoms with van der Waals surface area (Å²) in [5, 5.41) is 4.54. The van der Waals surface area contributed by atoms with Crippen LogP contribution in [-0.4, -0.2) is 27.8 Å². The molecule has 2 aromatic carbocycles. The van der Waals surface area contributed by atoms with Crippen LogP contribution >= 0.6 is 23.8 Å². The Bertz CT molecular complexity index is 1580. The first-order valence-electron chi connectivity index (χ1n) is 14.0. The number of nitrogens with zero attached hydrogens (tertiary/aromatic N) is 4. The van der Waals surface area contributed by atoms with Gasteiger partial charge >= 0.3 is 6.18 Å². The molecule has 0 radical (unpaired) electrons. The minimum absolute atomic E-state index is 0.361. The predicted molar refractivity (Wildman–Crippen MR) is 165 cm³/mol. The molecule has 4 atom stereocenters. The number of piperidine rings is 1. The lowest BCUT2D eigenvalue weighted by Crippen LogP contribution is -2.38. The van der Waals surface area contributed by atoms with Crippen molar-refractivity contribution < 1.29 is 13.2 Å². The number of rotatable bonds is 5. The predicted octanol–water partition coefficient (Wildman–Crippen LogP) is 8.20. The van der Waals surface area contributed by atoms with Crippen LogP contribution in [0.15, 0.2) is 85.2 Å². The Hall–Kier alpha value is -3.56. The van der Waals surface area contributed by atoms with E-state index in [9.17, 15) is 13.2 Å². The van der Waals surface area contributed by atoms with Crippen LogP contribution in [0.2, 0.25) is 5.02 Å². The van der Waals surface area contributed by atoms with Crippen LogP contribution in [0.1, 0.15) is 49.3 Å². The molecule has 0 aliphatic carbocycles. The summed E-state index contributed by atoms with van der Waals surface area (Å²) < 4.78 is 42.6. The Balaban J connectivity index is 1.43. The molecule has 4 heterocycles. The molecule has 0 spiro atoms. The highest BCUT2D eigenvalue weighted by molar-refractivity contribution is 7.80. The van der Waals surface area contributed by atoms with E-state index in [-0.39, 0.29) is 6.04 Å². The number of alkyl halides is 3. The molecule has 0 unspecified atom stereocenters. The van der Waals surface area contributed by atoms with Gasteiger partial charge in [0.05, 0.1) is 28.0 Å². The summed E-state index contributed by atoms with van der Waals surface area (Å²) in [5.41, 5.74) is 3.01. The van der Waals surface area contributed by atoms with E-state index in [1.807, 2.05) is 53.4 Å². The topological polar surface area (TPSA) is 36.3 Å². The summed E-state index contributed by atoms with van der Waals surface area (Å²) in [5.74, 6) is 1.15. The lowest BCUT2D eigenvalue weighted by Gasteiger charge is -2.37. The molecule has 2 saturated heterocycles. The fraction of sp³-hybridized carbons (Fsp3) is 0.312. The van der Waals surface area contributed by atoms with Crippen molar-refractivity contribution in [1.29, 1.82) is 0 Å². The van der Waals surface area contributed by atoms with Crippen molar-refractivity contribution in [3.05, 3.63) is 107 Å². The molecule has 2 aromatic heterocycles. The quantitative estimate of drug-likeness (QED) is 0.231. The van der Waals surface area contributed by atoms with Gasteiger partial charge in [-0.3, -0.25) is 4.98 Å².